The van der Waals surface area contributed by atoms with Crippen LogP contribution in [0, 0.1) is 5.41 Å². The molecular weight excluding hydrogens is 168 g/mol. The minimum atomic E-state index is 0.357. The maximum Gasteiger partial charge on any atom is 0.166 e. The van der Waals surface area contributed by atoms with Crippen molar-refractivity contribution >= 4 is 17.3 Å². The van der Waals surface area contributed by atoms with Crippen LogP contribution in [0.2, 0.25) is 0 Å². The number of rotatable bonds is 2. The van der Waals surface area contributed by atoms with Crippen LogP contribution in [0.3, 0.4) is 0 Å². The topological polar surface area (TPSA) is 24.1 Å². The number of nitrogens with one attached hydrogen (secondary N) is 2. The van der Waals surface area contributed by atoms with Gasteiger partial charge in [0.15, 0.2) is 5.11 Å². The van der Waals surface area contributed by atoms with Crippen molar-refractivity contribution in [2.75, 3.05) is 7.05 Å². The van der Waals surface area contributed by atoms with Gasteiger partial charge in [-0.2, -0.15) is 0 Å². The fourth-order valence-corrected chi connectivity index (χ4v) is 1.47. The molecule has 12 heavy (non-hydrogen) atoms. The summed E-state index contributed by atoms with van der Waals surface area (Å²) >= 11 is 5.00. The van der Waals surface area contributed by atoms with E-state index in [0.717, 1.165) is 11.5 Å². The first kappa shape index (κ1) is 11.7. The SMILES string of the molecule is CNC(=S)NC(C)CC(C)(C)C. The normalized spacial score (nSPS) is 13.8. The smallest absolute Gasteiger partial charge is 0.166 e. The maximum atomic E-state index is 5.00. The Morgan fingerprint density at radius 2 is 1.92 bits per heavy atom. The summed E-state index contributed by atoms with van der Waals surface area (Å²) in [5.41, 5.74) is 0.357. The highest BCUT2D eigenvalue weighted by molar-refractivity contribution is 7.80. The van der Waals surface area contributed by atoms with Gasteiger partial charge in [-0.3, -0.25) is 0 Å². The van der Waals surface area contributed by atoms with Crippen molar-refractivity contribution in [1.82, 2.24) is 10.6 Å². The molecule has 1 unspecified atom stereocenters. The zero-order valence-electron chi connectivity index (χ0n) is 8.69. The van der Waals surface area contributed by atoms with Crippen LogP contribution in [-0.4, -0.2) is 18.2 Å². The standard InChI is InChI=1S/C9H20N2S/c1-7(6-9(2,3)4)11-8(12)10-5/h7H,6H2,1-5H3,(H2,10,11,12). The molecule has 0 radical (unpaired) electrons. The highest BCUT2D eigenvalue weighted by Gasteiger charge is 2.15. The first-order valence-corrected chi connectivity index (χ1v) is 4.74. The zero-order chi connectivity index (χ0) is 9.78. The molecule has 0 aliphatic rings. The Balaban J connectivity index is 3.74. The van der Waals surface area contributed by atoms with Crippen molar-refractivity contribution in [2.45, 2.75) is 40.2 Å². The molecule has 3 heteroatoms. The summed E-state index contributed by atoms with van der Waals surface area (Å²) in [4.78, 5) is 0. The Labute approximate surface area is 81.1 Å². The Kier molecular flexibility index (Phi) is 4.53. The van der Waals surface area contributed by atoms with E-state index in [2.05, 4.69) is 38.3 Å². The average molecular weight is 188 g/mol. The molecule has 0 bridgehead atoms. The molecule has 0 fully saturated rings. The minimum Gasteiger partial charge on any atom is -0.366 e. The number of hydrogen-bond donors (Lipinski definition) is 2. The lowest BCUT2D eigenvalue weighted by atomic mass is 9.89. The molecule has 0 aromatic heterocycles. The van der Waals surface area contributed by atoms with E-state index < -0.39 is 0 Å². The van der Waals surface area contributed by atoms with Crippen LogP contribution in [0.5, 0.6) is 0 Å². The summed E-state index contributed by atoms with van der Waals surface area (Å²) in [6, 6.07) is 0.435. The van der Waals surface area contributed by atoms with Crippen molar-refractivity contribution in [1.29, 1.82) is 0 Å². The van der Waals surface area contributed by atoms with Crippen LogP contribution in [-0.2, 0) is 0 Å². The van der Waals surface area contributed by atoms with Crippen LogP contribution in [0.4, 0.5) is 0 Å². The third kappa shape index (κ3) is 6.40. The van der Waals surface area contributed by atoms with Crippen molar-refractivity contribution in [3.63, 3.8) is 0 Å². The molecule has 72 valence electrons. The molecule has 0 saturated heterocycles. The summed E-state index contributed by atoms with van der Waals surface area (Å²) in [6.07, 6.45) is 1.12. The molecule has 0 amide bonds. The van der Waals surface area contributed by atoms with Crippen LogP contribution in [0.1, 0.15) is 34.1 Å². The Bertz CT molecular complexity index is 149. The van der Waals surface area contributed by atoms with Gasteiger partial charge in [0.25, 0.3) is 0 Å². The largest absolute Gasteiger partial charge is 0.366 e. The summed E-state index contributed by atoms with van der Waals surface area (Å²) < 4.78 is 0. The van der Waals surface area contributed by atoms with Gasteiger partial charge in [-0.05, 0) is 31.0 Å². The Morgan fingerprint density at radius 1 is 1.42 bits per heavy atom. The van der Waals surface area contributed by atoms with E-state index >= 15 is 0 Å². The molecule has 2 nitrogen and oxygen atoms in total. The second-order valence-electron chi connectivity index (χ2n) is 4.39. The third-order valence-corrected chi connectivity index (χ3v) is 1.85. The molecule has 0 heterocycles. The van der Waals surface area contributed by atoms with E-state index in [-0.39, 0.29) is 0 Å². The lowest BCUT2D eigenvalue weighted by molar-refractivity contribution is 0.337. The van der Waals surface area contributed by atoms with E-state index in [1.54, 1.807) is 0 Å². The van der Waals surface area contributed by atoms with Gasteiger partial charge in [-0.25, -0.2) is 0 Å². The van der Waals surface area contributed by atoms with Gasteiger partial charge in [0.05, 0.1) is 0 Å². The van der Waals surface area contributed by atoms with Gasteiger partial charge in [-0.1, -0.05) is 20.8 Å². The zero-order valence-corrected chi connectivity index (χ0v) is 9.51. The molecule has 0 aromatic carbocycles. The highest BCUT2D eigenvalue weighted by atomic mass is 32.1. The molecule has 0 rings (SSSR count). The van der Waals surface area contributed by atoms with Crippen LogP contribution in [0.15, 0.2) is 0 Å². The highest BCUT2D eigenvalue weighted by Crippen LogP contribution is 2.20. The van der Waals surface area contributed by atoms with E-state index in [1.807, 2.05) is 7.05 Å². The fraction of sp³-hybridized carbons (Fsp3) is 0.889. The summed E-state index contributed by atoms with van der Waals surface area (Å²) in [5.74, 6) is 0. The van der Waals surface area contributed by atoms with E-state index in [4.69, 9.17) is 12.2 Å². The first-order valence-electron chi connectivity index (χ1n) is 4.33. The van der Waals surface area contributed by atoms with Crippen molar-refractivity contribution in [3.05, 3.63) is 0 Å². The van der Waals surface area contributed by atoms with Gasteiger partial charge >= 0.3 is 0 Å². The van der Waals surface area contributed by atoms with Gasteiger partial charge in [0.1, 0.15) is 0 Å². The van der Waals surface area contributed by atoms with Crippen molar-refractivity contribution < 1.29 is 0 Å². The molecule has 0 spiro atoms. The van der Waals surface area contributed by atoms with E-state index in [0.29, 0.717) is 11.5 Å². The molecule has 0 aliphatic carbocycles. The second kappa shape index (κ2) is 4.65. The van der Waals surface area contributed by atoms with Gasteiger partial charge < -0.3 is 10.6 Å². The van der Waals surface area contributed by atoms with Crippen LogP contribution in [0.25, 0.3) is 0 Å². The number of hydrogen-bond acceptors (Lipinski definition) is 1. The summed E-state index contributed by atoms with van der Waals surface area (Å²) in [7, 11) is 1.83. The van der Waals surface area contributed by atoms with Crippen molar-refractivity contribution in [3.8, 4) is 0 Å². The molecule has 0 aliphatic heterocycles. The fourth-order valence-electron chi connectivity index (χ4n) is 1.27. The first-order chi connectivity index (χ1) is 5.35. The monoisotopic (exact) mass is 188 g/mol. The predicted octanol–water partition coefficient (Wildman–Crippen LogP) is 1.90. The molecule has 1 atom stereocenters. The molecule has 0 aromatic rings. The molecule has 0 saturated carbocycles. The van der Waals surface area contributed by atoms with Crippen LogP contribution >= 0.6 is 12.2 Å². The van der Waals surface area contributed by atoms with Gasteiger partial charge in [0, 0.05) is 13.1 Å². The average Bonchev–Trinajstić information content (AvgIpc) is 1.82. The maximum absolute atomic E-state index is 5.00. The van der Waals surface area contributed by atoms with Gasteiger partial charge in [-0.15, -0.1) is 0 Å². The molecule has 2 N–H and O–H groups in total. The third-order valence-electron chi connectivity index (χ3n) is 1.52. The number of thiocarbonyl (C=S) groups is 1. The lowest BCUT2D eigenvalue weighted by Gasteiger charge is -2.24. The minimum absolute atomic E-state index is 0.357. The van der Waals surface area contributed by atoms with Gasteiger partial charge in [0.2, 0.25) is 0 Å². The summed E-state index contributed by atoms with van der Waals surface area (Å²) in [5, 5.41) is 6.84. The van der Waals surface area contributed by atoms with Crippen LogP contribution < -0.4 is 10.6 Å². The Morgan fingerprint density at radius 3 is 2.25 bits per heavy atom. The summed E-state index contributed by atoms with van der Waals surface area (Å²) in [6.45, 7) is 8.84. The molecular formula is C9H20N2S. The van der Waals surface area contributed by atoms with Crippen molar-refractivity contribution in [2.24, 2.45) is 5.41 Å². The Hall–Kier alpha value is -0.310. The van der Waals surface area contributed by atoms with E-state index in [1.165, 1.54) is 0 Å². The second-order valence-corrected chi connectivity index (χ2v) is 4.80. The predicted molar refractivity (Wildman–Crippen MR) is 58.3 cm³/mol. The van der Waals surface area contributed by atoms with E-state index in [9.17, 15) is 0 Å². The lowest BCUT2D eigenvalue weighted by Crippen LogP contribution is -2.40. The quantitative estimate of drug-likeness (QED) is 0.647.